The molecule has 1 aliphatic heterocycles. The highest BCUT2D eigenvalue weighted by atomic mass is 16.5. The maximum atomic E-state index is 10.8. The Morgan fingerprint density at radius 1 is 1.35 bits per heavy atom. The first-order valence-electron chi connectivity index (χ1n) is 6.78. The van der Waals surface area contributed by atoms with Gasteiger partial charge in [0.25, 0.3) is 0 Å². The van der Waals surface area contributed by atoms with Gasteiger partial charge in [-0.2, -0.15) is 0 Å². The van der Waals surface area contributed by atoms with Crippen LogP contribution in [0.2, 0.25) is 0 Å². The minimum absolute atomic E-state index is 0.245. The number of aromatic carboxylic acids is 1. The van der Waals surface area contributed by atoms with Crippen LogP contribution in [0.5, 0.6) is 5.75 Å². The monoisotopic (exact) mass is 279 g/mol. The van der Waals surface area contributed by atoms with E-state index in [1.807, 2.05) is 0 Å². The van der Waals surface area contributed by atoms with Gasteiger partial charge in [-0.25, -0.2) is 9.80 Å². The van der Waals surface area contributed by atoms with E-state index in [9.17, 15) is 4.79 Å². The molecule has 0 aliphatic carbocycles. The van der Waals surface area contributed by atoms with Crippen molar-refractivity contribution in [3.05, 3.63) is 29.8 Å². The van der Waals surface area contributed by atoms with Crippen molar-refractivity contribution in [1.82, 2.24) is 15.3 Å². The molecular weight excluding hydrogens is 258 g/mol. The highest BCUT2D eigenvalue weighted by molar-refractivity contribution is 5.87. The first-order valence-corrected chi connectivity index (χ1v) is 6.78. The Labute approximate surface area is 118 Å². The number of hydrazine groups is 1. The molecule has 0 atom stereocenters. The summed E-state index contributed by atoms with van der Waals surface area (Å²) in [6.07, 6.45) is 0. The van der Waals surface area contributed by atoms with Gasteiger partial charge in [-0.15, -0.1) is 0 Å². The molecule has 1 aromatic rings. The molecule has 6 heteroatoms. The average Bonchev–Trinajstić information content (AvgIpc) is 2.46. The molecule has 1 saturated heterocycles. The van der Waals surface area contributed by atoms with Gasteiger partial charge < -0.3 is 14.7 Å². The number of nitrogens with one attached hydrogen (secondary N) is 1. The average molecular weight is 279 g/mol. The van der Waals surface area contributed by atoms with E-state index in [0.717, 1.165) is 26.2 Å². The van der Waals surface area contributed by atoms with Crippen LogP contribution in [0, 0.1) is 0 Å². The zero-order valence-corrected chi connectivity index (χ0v) is 11.7. The Hall–Kier alpha value is -1.63. The van der Waals surface area contributed by atoms with Crippen LogP contribution >= 0.6 is 0 Å². The van der Waals surface area contributed by atoms with Gasteiger partial charge in [0.05, 0.1) is 5.56 Å². The Bertz CT molecular complexity index is 445. The van der Waals surface area contributed by atoms with Crippen molar-refractivity contribution in [2.24, 2.45) is 0 Å². The smallest absolute Gasteiger partial charge is 0.335 e. The molecule has 110 valence electrons. The lowest BCUT2D eigenvalue weighted by molar-refractivity contribution is 0.0696. The number of hydrogen-bond acceptors (Lipinski definition) is 5. The second-order valence-corrected chi connectivity index (χ2v) is 4.88. The van der Waals surface area contributed by atoms with Crippen LogP contribution in [0.3, 0.4) is 0 Å². The van der Waals surface area contributed by atoms with Crippen molar-refractivity contribution in [2.75, 3.05) is 46.4 Å². The molecule has 1 aromatic carbocycles. The van der Waals surface area contributed by atoms with Crippen LogP contribution in [0.25, 0.3) is 0 Å². The fourth-order valence-corrected chi connectivity index (χ4v) is 2.06. The molecule has 0 unspecified atom stereocenters. The number of nitrogens with zero attached hydrogens (tertiary/aromatic N) is 2. The number of carbonyl (C=O) groups is 1. The third-order valence-corrected chi connectivity index (χ3v) is 3.29. The highest BCUT2D eigenvalue weighted by Crippen LogP contribution is 2.12. The standard InChI is InChI=1S/C14H21N3O3/c1-16-6-8-17(9-7-16)15-5-10-20-13-4-2-3-12(11-13)14(18)19/h2-4,11,15H,5-10H2,1H3,(H,18,19). The molecule has 1 aliphatic rings. The number of carboxylic acid groups (broad SMARTS) is 1. The minimum Gasteiger partial charge on any atom is -0.492 e. The van der Waals surface area contributed by atoms with Gasteiger partial charge in [-0.1, -0.05) is 6.07 Å². The molecule has 0 radical (unpaired) electrons. The van der Waals surface area contributed by atoms with Crippen molar-refractivity contribution in [1.29, 1.82) is 0 Å². The third kappa shape index (κ3) is 4.48. The molecule has 2 rings (SSSR count). The minimum atomic E-state index is -0.939. The first-order chi connectivity index (χ1) is 9.65. The van der Waals surface area contributed by atoms with E-state index in [4.69, 9.17) is 9.84 Å². The van der Waals surface area contributed by atoms with E-state index < -0.39 is 5.97 Å². The molecule has 0 saturated carbocycles. The summed E-state index contributed by atoms with van der Waals surface area (Å²) in [6.45, 7) is 5.36. The third-order valence-electron chi connectivity index (χ3n) is 3.29. The van der Waals surface area contributed by atoms with E-state index in [-0.39, 0.29) is 5.56 Å². The number of likely N-dealkylation sites (N-methyl/N-ethyl adjacent to an activating group) is 1. The van der Waals surface area contributed by atoms with E-state index in [1.54, 1.807) is 18.2 Å². The van der Waals surface area contributed by atoms with E-state index in [0.29, 0.717) is 18.9 Å². The van der Waals surface area contributed by atoms with Crippen LogP contribution in [-0.2, 0) is 0 Å². The maximum absolute atomic E-state index is 10.8. The zero-order valence-electron chi connectivity index (χ0n) is 11.7. The number of hydrogen-bond donors (Lipinski definition) is 2. The van der Waals surface area contributed by atoms with Gasteiger partial charge in [-0.3, -0.25) is 5.43 Å². The van der Waals surface area contributed by atoms with E-state index in [2.05, 4.69) is 22.4 Å². The molecule has 6 nitrogen and oxygen atoms in total. The van der Waals surface area contributed by atoms with Crippen molar-refractivity contribution in [3.8, 4) is 5.75 Å². The van der Waals surface area contributed by atoms with Crippen molar-refractivity contribution in [3.63, 3.8) is 0 Å². The quantitative estimate of drug-likeness (QED) is 0.740. The fourth-order valence-electron chi connectivity index (χ4n) is 2.06. The fraction of sp³-hybridized carbons (Fsp3) is 0.500. The Morgan fingerprint density at radius 3 is 2.80 bits per heavy atom. The van der Waals surface area contributed by atoms with Gasteiger partial charge in [0.2, 0.25) is 0 Å². The van der Waals surface area contributed by atoms with Crippen molar-refractivity contribution in [2.45, 2.75) is 0 Å². The first kappa shape index (κ1) is 14.8. The van der Waals surface area contributed by atoms with Gasteiger partial charge in [0.1, 0.15) is 12.4 Å². The second kappa shape index (κ2) is 7.23. The molecule has 0 amide bonds. The molecule has 0 bridgehead atoms. The molecule has 20 heavy (non-hydrogen) atoms. The summed E-state index contributed by atoms with van der Waals surface area (Å²) in [7, 11) is 2.12. The largest absolute Gasteiger partial charge is 0.492 e. The predicted molar refractivity (Wildman–Crippen MR) is 76.0 cm³/mol. The summed E-state index contributed by atoms with van der Waals surface area (Å²) in [5.74, 6) is -0.351. The summed E-state index contributed by atoms with van der Waals surface area (Å²) in [5, 5.41) is 11.1. The summed E-state index contributed by atoms with van der Waals surface area (Å²) >= 11 is 0. The Kier molecular flexibility index (Phi) is 5.34. The molecule has 2 N–H and O–H groups in total. The molecule has 0 aromatic heterocycles. The van der Waals surface area contributed by atoms with Crippen molar-refractivity contribution < 1.29 is 14.6 Å². The van der Waals surface area contributed by atoms with Crippen LogP contribution in [0.4, 0.5) is 0 Å². The number of benzene rings is 1. The van der Waals surface area contributed by atoms with Crippen LogP contribution in [0.1, 0.15) is 10.4 Å². The summed E-state index contributed by atoms with van der Waals surface area (Å²) in [5.41, 5.74) is 3.56. The van der Waals surface area contributed by atoms with E-state index >= 15 is 0 Å². The predicted octanol–water partition coefficient (Wildman–Crippen LogP) is 0.516. The molecule has 1 fully saturated rings. The van der Waals surface area contributed by atoms with Gasteiger partial charge >= 0.3 is 5.97 Å². The Morgan fingerprint density at radius 2 is 2.10 bits per heavy atom. The summed E-state index contributed by atoms with van der Waals surface area (Å²) in [6, 6.07) is 6.55. The van der Waals surface area contributed by atoms with Crippen LogP contribution in [0.15, 0.2) is 24.3 Å². The van der Waals surface area contributed by atoms with Gasteiger partial charge in [0, 0.05) is 32.7 Å². The Balaban J connectivity index is 1.68. The number of piperazine rings is 1. The lowest BCUT2D eigenvalue weighted by Gasteiger charge is -2.32. The maximum Gasteiger partial charge on any atom is 0.335 e. The van der Waals surface area contributed by atoms with Crippen LogP contribution < -0.4 is 10.2 Å². The summed E-state index contributed by atoms with van der Waals surface area (Å²) < 4.78 is 5.55. The van der Waals surface area contributed by atoms with E-state index in [1.165, 1.54) is 6.07 Å². The normalized spacial score (nSPS) is 17.1. The molecule has 1 heterocycles. The van der Waals surface area contributed by atoms with Crippen LogP contribution in [-0.4, -0.2) is 67.4 Å². The number of carboxylic acids is 1. The number of ether oxygens (including phenoxy) is 1. The SMILES string of the molecule is CN1CCN(NCCOc2cccc(C(=O)O)c2)CC1. The second-order valence-electron chi connectivity index (χ2n) is 4.88. The lowest BCUT2D eigenvalue weighted by Crippen LogP contribution is -2.51. The number of rotatable bonds is 6. The highest BCUT2D eigenvalue weighted by Gasteiger charge is 2.12. The molecule has 0 spiro atoms. The van der Waals surface area contributed by atoms with Crippen molar-refractivity contribution >= 4 is 5.97 Å². The topological polar surface area (TPSA) is 65.0 Å². The van der Waals surface area contributed by atoms with Gasteiger partial charge in [0.15, 0.2) is 0 Å². The zero-order chi connectivity index (χ0) is 14.4. The summed E-state index contributed by atoms with van der Waals surface area (Å²) in [4.78, 5) is 13.1. The molecular formula is C14H21N3O3. The lowest BCUT2D eigenvalue weighted by atomic mass is 10.2. The van der Waals surface area contributed by atoms with Gasteiger partial charge in [-0.05, 0) is 25.2 Å².